The Morgan fingerprint density at radius 3 is 2.50 bits per heavy atom. The summed E-state index contributed by atoms with van der Waals surface area (Å²) in [5.41, 5.74) is 2.42. The van der Waals surface area contributed by atoms with E-state index >= 15 is 0 Å². The van der Waals surface area contributed by atoms with E-state index in [1.807, 2.05) is 19.9 Å². The molecule has 1 aromatic carbocycles. The Labute approximate surface area is 137 Å². The van der Waals surface area contributed by atoms with Gasteiger partial charge in [0.2, 0.25) is 0 Å². The Morgan fingerprint density at radius 1 is 1.15 bits per heavy atom. The molecule has 4 heteroatoms. The lowest BCUT2D eigenvalue weighted by Crippen LogP contribution is -2.23. The van der Waals surface area contributed by atoms with Crippen LogP contribution in [0.4, 0.5) is 0 Å². The van der Waals surface area contributed by atoms with E-state index in [0.29, 0.717) is 0 Å². The van der Waals surface area contributed by atoms with Gasteiger partial charge in [0.15, 0.2) is 0 Å². The van der Waals surface area contributed by atoms with Crippen molar-refractivity contribution in [3.63, 3.8) is 0 Å². The predicted molar refractivity (Wildman–Crippen MR) is 90.2 cm³/mol. The minimum atomic E-state index is 0.138. The van der Waals surface area contributed by atoms with Gasteiger partial charge in [-0.15, -0.1) is 0 Å². The molecule has 0 spiro atoms. The van der Waals surface area contributed by atoms with Crippen LogP contribution in [-0.4, -0.2) is 6.54 Å². The molecule has 0 bridgehead atoms. The fourth-order valence-corrected chi connectivity index (χ4v) is 3.20. The van der Waals surface area contributed by atoms with Crippen LogP contribution in [-0.2, 0) is 0 Å². The number of rotatable bonds is 5. The topological polar surface area (TPSA) is 25.2 Å². The number of aryl methyl sites for hydroxylation is 2. The SMILES string of the molecule is CCCNC(c1cc(Br)ccc1Br)c1cc(C)oc1C. The summed E-state index contributed by atoms with van der Waals surface area (Å²) in [5.74, 6) is 1.93. The van der Waals surface area contributed by atoms with Crippen molar-refractivity contribution in [2.24, 2.45) is 0 Å². The number of halogens is 2. The summed E-state index contributed by atoms with van der Waals surface area (Å²) >= 11 is 7.22. The normalized spacial score (nSPS) is 12.7. The predicted octanol–water partition coefficient (Wildman–Crippen LogP) is 5.51. The van der Waals surface area contributed by atoms with Crippen LogP contribution in [0.3, 0.4) is 0 Å². The molecule has 0 saturated carbocycles. The van der Waals surface area contributed by atoms with E-state index in [2.05, 4.69) is 62.3 Å². The summed E-state index contributed by atoms with van der Waals surface area (Å²) < 4.78 is 7.88. The second-order valence-corrected chi connectivity index (χ2v) is 6.69. The lowest BCUT2D eigenvalue weighted by Gasteiger charge is -2.20. The van der Waals surface area contributed by atoms with Gasteiger partial charge in [-0.05, 0) is 56.6 Å². The Bertz CT molecular complexity index is 592. The summed E-state index contributed by atoms with van der Waals surface area (Å²) in [6.45, 7) is 7.15. The highest BCUT2D eigenvalue weighted by molar-refractivity contribution is 9.11. The first-order chi connectivity index (χ1) is 9.52. The molecule has 1 aromatic heterocycles. The minimum Gasteiger partial charge on any atom is -0.466 e. The van der Waals surface area contributed by atoms with Crippen molar-refractivity contribution in [2.75, 3.05) is 6.54 Å². The number of hydrogen-bond donors (Lipinski definition) is 1. The smallest absolute Gasteiger partial charge is 0.106 e. The molecule has 1 heterocycles. The Morgan fingerprint density at radius 2 is 1.90 bits per heavy atom. The third-order valence-corrected chi connectivity index (χ3v) is 4.47. The standard InChI is InChI=1S/C16H19Br2NO/c1-4-7-19-16(13-8-10(2)20-11(13)3)14-9-12(17)5-6-15(14)18/h5-6,8-9,16,19H,4,7H2,1-3H3. The highest BCUT2D eigenvalue weighted by Gasteiger charge is 2.21. The van der Waals surface area contributed by atoms with Crippen LogP contribution in [0, 0.1) is 13.8 Å². The molecule has 2 rings (SSSR count). The molecule has 1 atom stereocenters. The fraction of sp³-hybridized carbons (Fsp3) is 0.375. The lowest BCUT2D eigenvalue weighted by atomic mass is 9.99. The van der Waals surface area contributed by atoms with Crippen LogP contribution < -0.4 is 5.32 Å². The van der Waals surface area contributed by atoms with Crippen LogP contribution in [0.25, 0.3) is 0 Å². The van der Waals surface area contributed by atoms with E-state index in [0.717, 1.165) is 33.4 Å². The van der Waals surface area contributed by atoms with E-state index in [-0.39, 0.29) is 6.04 Å². The minimum absolute atomic E-state index is 0.138. The van der Waals surface area contributed by atoms with Crippen molar-refractivity contribution < 1.29 is 4.42 Å². The molecular formula is C16H19Br2NO. The molecule has 2 nitrogen and oxygen atoms in total. The maximum Gasteiger partial charge on any atom is 0.106 e. The monoisotopic (exact) mass is 399 g/mol. The van der Waals surface area contributed by atoms with Gasteiger partial charge in [-0.25, -0.2) is 0 Å². The first-order valence-corrected chi connectivity index (χ1v) is 8.36. The molecule has 0 amide bonds. The van der Waals surface area contributed by atoms with Gasteiger partial charge in [0.25, 0.3) is 0 Å². The number of nitrogens with one attached hydrogen (secondary N) is 1. The number of furan rings is 1. The van der Waals surface area contributed by atoms with Crippen molar-refractivity contribution in [1.82, 2.24) is 5.32 Å². The summed E-state index contributed by atoms with van der Waals surface area (Å²) in [5, 5.41) is 3.61. The second kappa shape index (κ2) is 6.92. The number of hydrogen-bond acceptors (Lipinski definition) is 2. The van der Waals surface area contributed by atoms with Crippen molar-refractivity contribution in [3.05, 3.63) is 55.9 Å². The van der Waals surface area contributed by atoms with Gasteiger partial charge in [0.05, 0.1) is 6.04 Å². The van der Waals surface area contributed by atoms with Crippen LogP contribution in [0.2, 0.25) is 0 Å². The highest BCUT2D eigenvalue weighted by atomic mass is 79.9. The lowest BCUT2D eigenvalue weighted by molar-refractivity contribution is 0.493. The molecule has 0 aliphatic heterocycles. The molecule has 1 N–H and O–H groups in total. The quantitative estimate of drug-likeness (QED) is 0.715. The summed E-state index contributed by atoms with van der Waals surface area (Å²) in [7, 11) is 0. The molecule has 20 heavy (non-hydrogen) atoms. The van der Waals surface area contributed by atoms with Crippen LogP contribution >= 0.6 is 31.9 Å². The van der Waals surface area contributed by atoms with Crippen LogP contribution in [0.5, 0.6) is 0 Å². The van der Waals surface area contributed by atoms with E-state index in [9.17, 15) is 0 Å². The Hall–Kier alpha value is -0.580. The fourth-order valence-electron chi connectivity index (χ4n) is 2.35. The van der Waals surface area contributed by atoms with Crippen molar-refractivity contribution >= 4 is 31.9 Å². The average molecular weight is 401 g/mol. The van der Waals surface area contributed by atoms with Gasteiger partial charge in [0, 0.05) is 14.5 Å². The van der Waals surface area contributed by atoms with E-state index in [1.165, 1.54) is 11.1 Å². The highest BCUT2D eigenvalue weighted by Crippen LogP contribution is 2.33. The zero-order valence-electron chi connectivity index (χ0n) is 12.0. The molecule has 0 aliphatic carbocycles. The molecule has 0 aliphatic rings. The summed E-state index contributed by atoms with van der Waals surface area (Å²) in [4.78, 5) is 0. The number of benzene rings is 1. The molecule has 0 fully saturated rings. The third-order valence-electron chi connectivity index (χ3n) is 3.26. The molecule has 1 unspecified atom stereocenters. The largest absolute Gasteiger partial charge is 0.466 e. The maximum atomic E-state index is 5.70. The zero-order valence-corrected chi connectivity index (χ0v) is 15.1. The Kier molecular flexibility index (Phi) is 5.47. The van der Waals surface area contributed by atoms with E-state index in [1.54, 1.807) is 0 Å². The molecular weight excluding hydrogens is 382 g/mol. The van der Waals surface area contributed by atoms with Crippen LogP contribution in [0.1, 0.15) is 42.0 Å². The van der Waals surface area contributed by atoms with Gasteiger partial charge in [0.1, 0.15) is 11.5 Å². The third kappa shape index (κ3) is 3.54. The molecule has 108 valence electrons. The van der Waals surface area contributed by atoms with Crippen molar-refractivity contribution in [2.45, 2.75) is 33.2 Å². The molecule has 0 saturated heterocycles. The van der Waals surface area contributed by atoms with Gasteiger partial charge >= 0.3 is 0 Å². The van der Waals surface area contributed by atoms with E-state index < -0.39 is 0 Å². The first kappa shape index (κ1) is 15.8. The molecule has 0 radical (unpaired) electrons. The van der Waals surface area contributed by atoms with Crippen LogP contribution in [0.15, 0.2) is 37.6 Å². The Balaban J connectivity index is 2.46. The second-order valence-electron chi connectivity index (χ2n) is 4.92. The average Bonchev–Trinajstić information content (AvgIpc) is 2.73. The van der Waals surface area contributed by atoms with Crippen molar-refractivity contribution in [1.29, 1.82) is 0 Å². The summed E-state index contributed by atoms with van der Waals surface area (Å²) in [6.07, 6.45) is 1.10. The first-order valence-electron chi connectivity index (χ1n) is 6.78. The van der Waals surface area contributed by atoms with Gasteiger partial charge < -0.3 is 9.73 Å². The molecule has 2 aromatic rings. The van der Waals surface area contributed by atoms with Gasteiger partial charge in [-0.1, -0.05) is 38.8 Å². The van der Waals surface area contributed by atoms with E-state index in [4.69, 9.17) is 4.42 Å². The van der Waals surface area contributed by atoms with Gasteiger partial charge in [-0.3, -0.25) is 0 Å². The van der Waals surface area contributed by atoms with Crippen molar-refractivity contribution in [3.8, 4) is 0 Å². The summed E-state index contributed by atoms with van der Waals surface area (Å²) in [6, 6.07) is 8.52. The van der Waals surface area contributed by atoms with Gasteiger partial charge in [-0.2, -0.15) is 0 Å². The maximum absolute atomic E-state index is 5.70. The zero-order chi connectivity index (χ0) is 14.7.